The predicted octanol–water partition coefficient (Wildman–Crippen LogP) is 6.63. The van der Waals surface area contributed by atoms with E-state index in [-0.39, 0.29) is 11.1 Å². The average molecular weight is 610 g/mol. The van der Waals surface area contributed by atoms with Crippen molar-refractivity contribution < 1.29 is 23.4 Å². The van der Waals surface area contributed by atoms with Crippen molar-refractivity contribution in [2.24, 2.45) is 0 Å². The molecule has 0 fully saturated rings. The van der Waals surface area contributed by atoms with Gasteiger partial charge in [0.05, 0.1) is 40.2 Å². The minimum atomic E-state index is -2.85. The van der Waals surface area contributed by atoms with Crippen LogP contribution >= 0.6 is 0 Å². The van der Waals surface area contributed by atoms with Gasteiger partial charge in [-0.15, -0.1) is 0 Å². The predicted molar refractivity (Wildman–Crippen MR) is 181 cm³/mol. The molecule has 5 rings (SSSR count). The zero-order valence-corrected chi connectivity index (χ0v) is 27.8. The molecule has 0 bridgehead atoms. The maximum Gasteiger partial charge on any atom is 0.261 e. The topological polar surface area (TPSA) is 72.2 Å². The lowest BCUT2D eigenvalue weighted by molar-refractivity contribution is 0.224. The smallest absolute Gasteiger partial charge is 0.261 e. The van der Waals surface area contributed by atoms with Crippen molar-refractivity contribution in [1.82, 2.24) is 0 Å². The summed E-state index contributed by atoms with van der Waals surface area (Å²) in [6, 6.07) is 29.4. The van der Waals surface area contributed by atoms with E-state index in [2.05, 4.69) is 87.5 Å². The lowest BCUT2D eigenvalue weighted by atomic mass is 9.92. The van der Waals surface area contributed by atoms with Crippen LogP contribution in [0.1, 0.15) is 43.9 Å². The zero-order valence-electron chi connectivity index (χ0n) is 26.8. The van der Waals surface area contributed by atoms with Crippen molar-refractivity contribution in [2.75, 3.05) is 34.2 Å². The Labute approximate surface area is 262 Å². The molecule has 0 aliphatic heterocycles. The van der Waals surface area contributed by atoms with Gasteiger partial charge in [0.1, 0.15) is 5.75 Å². The van der Waals surface area contributed by atoms with Gasteiger partial charge in [0, 0.05) is 5.56 Å². The molecule has 1 unspecified atom stereocenters. The summed E-state index contributed by atoms with van der Waals surface area (Å²) in [5.41, 5.74) is 11.0. The molecule has 1 atom stereocenters. The van der Waals surface area contributed by atoms with E-state index in [4.69, 9.17) is 29.1 Å². The molecule has 0 saturated carbocycles. The summed E-state index contributed by atoms with van der Waals surface area (Å²) >= 11 is 0. The number of rotatable bonds is 9. The van der Waals surface area contributed by atoms with Crippen LogP contribution in [0.5, 0.6) is 23.0 Å². The van der Waals surface area contributed by atoms with E-state index in [1.54, 1.807) is 28.4 Å². The Morgan fingerprint density at radius 3 is 1.80 bits per heavy atom. The van der Waals surface area contributed by atoms with Crippen LogP contribution in [0.2, 0.25) is 5.04 Å². The molecule has 44 heavy (non-hydrogen) atoms. The number of ether oxygens (including phenoxy) is 4. The van der Waals surface area contributed by atoms with Crippen molar-refractivity contribution in [3.63, 3.8) is 0 Å². The lowest BCUT2D eigenvalue weighted by Gasteiger charge is -2.44. The number of nitrogen functional groups attached to an aromatic ring is 1. The molecule has 0 saturated heterocycles. The standard InChI is InChI=1S/C37H43NO5Si/c1-37(2,3)44(27-14-10-8-11-15-27,28-16-12-9-13-17-28)43-26-19-20-29-31(24-34(40-5)36(42-7)35(29)41-6)30(23-26)25-18-21-33(39-4)32(38)22-25/h8-18,21-24,26H,19-20,38H2,1-7H3. The van der Waals surface area contributed by atoms with Gasteiger partial charge < -0.3 is 29.1 Å². The second-order valence-corrected chi connectivity index (χ2v) is 16.3. The molecule has 4 aromatic rings. The summed E-state index contributed by atoms with van der Waals surface area (Å²) in [4.78, 5) is 0. The van der Waals surface area contributed by atoms with E-state index in [0.717, 1.165) is 28.7 Å². The number of hydrogen-bond acceptors (Lipinski definition) is 6. The van der Waals surface area contributed by atoms with Crippen molar-refractivity contribution in [3.05, 3.63) is 108 Å². The monoisotopic (exact) mass is 609 g/mol. The van der Waals surface area contributed by atoms with Crippen LogP contribution in [-0.4, -0.2) is 42.9 Å². The van der Waals surface area contributed by atoms with Gasteiger partial charge in [0.2, 0.25) is 5.75 Å². The second-order valence-electron chi connectivity index (χ2n) is 12.1. The molecule has 0 aromatic heterocycles. The number of anilines is 1. The molecule has 0 heterocycles. The highest BCUT2D eigenvalue weighted by molar-refractivity contribution is 6.99. The normalized spacial score (nSPS) is 15.1. The Morgan fingerprint density at radius 2 is 1.30 bits per heavy atom. The minimum Gasteiger partial charge on any atom is -0.495 e. The first-order chi connectivity index (χ1) is 21.2. The van der Waals surface area contributed by atoms with Crippen molar-refractivity contribution in [1.29, 1.82) is 0 Å². The van der Waals surface area contributed by atoms with E-state index in [0.29, 0.717) is 35.1 Å². The van der Waals surface area contributed by atoms with Crippen LogP contribution in [0.25, 0.3) is 5.57 Å². The first kappa shape index (κ1) is 31.2. The molecular formula is C37H43NO5Si. The molecule has 2 N–H and O–H groups in total. The Kier molecular flexibility index (Phi) is 9.09. The summed E-state index contributed by atoms with van der Waals surface area (Å²) < 4.78 is 30.7. The van der Waals surface area contributed by atoms with Crippen LogP contribution in [0.4, 0.5) is 5.69 Å². The molecule has 0 spiro atoms. The molecule has 4 aromatic carbocycles. The molecule has 6 nitrogen and oxygen atoms in total. The van der Waals surface area contributed by atoms with E-state index in [1.165, 1.54) is 10.4 Å². The first-order valence-corrected chi connectivity index (χ1v) is 16.9. The van der Waals surface area contributed by atoms with Gasteiger partial charge >= 0.3 is 0 Å². The van der Waals surface area contributed by atoms with E-state index < -0.39 is 8.32 Å². The van der Waals surface area contributed by atoms with Gasteiger partial charge in [0.15, 0.2) is 11.5 Å². The molecule has 0 radical (unpaired) electrons. The zero-order chi connectivity index (χ0) is 31.5. The highest BCUT2D eigenvalue weighted by Gasteiger charge is 2.51. The largest absolute Gasteiger partial charge is 0.495 e. The molecule has 1 aliphatic rings. The maximum absolute atomic E-state index is 7.64. The summed E-state index contributed by atoms with van der Waals surface area (Å²) in [5.74, 6) is 2.48. The number of methoxy groups -OCH3 is 4. The van der Waals surface area contributed by atoms with Crippen LogP contribution in [0, 0.1) is 0 Å². The Bertz CT molecular complexity index is 1590. The Hall–Kier alpha value is -4.20. The van der Waals surface area contributed by atoms with Gasteiger partial charge in [-0.2, -0.15) is 0 Å². The van der Waals surface area contributed by atoms with Gasteiger partial charge in [0.25, 0.3) is 8.32 Å². The van der Waals surface area contributed by atoms with E-state index in [1.807, 2.05) is 24.3 Å². The molecule has 1 aliphatic carbocycles. The van der Waals surface area contributed by atoms with Crippen molar-refractivity contribution >= 4 is 30.0 Å². The third kappa shape index (κ3) is 5.58. The second kappa shape index (κ2) is 12.8. The minimum absolute atomic E-state index is 0.169. The van der Waals surface area contributed by atoms with Crippen LogP contribution in [0.3, 0.4) is 0 Å². The molecular weight excluding hydrogens is 566 g/mol. The number of nitrogens with two attached hydrogens (primary N) is 1. The quantitative estimate of drug-likeness (QED) is 0.170. The SMILES string of the molecule is COc1ccc(C2=CC(O[Si](c3ccccc3)(c3ccccc3)C(C)(C)C)CCc3c2cc(OC)c(OC)c3OC)cc1N. The average Bonchev–Trinajstić information content (AvgIpc) is 3.22. The Balaban J connectivity index is 1.76. The molecule has 0 amide bonds. The summed E-state index contributed by atoms with van der Waals surface area (Å²) in [5, 5.41) is 2.31. The first-order valence-electron chi connectivity index (χ1n) is 14.9. The van der Waals surface area contributed by atoms with Crippen molar-refractivity contribution in [3.8, 4) is 23.0 Å². The van der Waals surface area contributed by atoms with Gasteiger partial charge in [-0.3, -0.25) is 0 Å². The number of benzene rings is 4. The van der Waals surface area contributed by atoms with Crippen LogP contribution < -0.4 is 35.1 Å². The third-order valence-electron chi connectivity index (χ3n) is 8.54. The van der Waals surface area contributed by atoms with Crippen LogP contribution in [0.15, 0.2) is 91.0 Å². The van der Waals surface area contributed by atoms with Gasteiger partial charge in [-0.25, -0.2) is 0 Å². The summed E-state index contributed by atoms with van der Waals surface area (Å²) in [6.07, 6.45) is 3.51. The lowest BCUT2D eigenvalue weighted by Crippen LogP contribution is -2.67. The van der Waals surface area contributed by atoms with Crippen LogP contribution in [-0.2, 0) is 10.8 Å². The fraction of sp³-hybridized carbons (Fsp3) is 0.297. The third-order valence-corrected chi connectivity index (χ3v) is 13.6. The Morgan fingerprint density at radius 1 is 0.705 bits per heavy atom. The van der Waals surface area contributed by atoms with E-state index >= 15 is 0 Å². The molecule has 7 heteroatoms. The van der Waals surface area contributed by atoms with Crippen molar-refractivity contribution in [2.45, 2.75) is 44.8 Å². The fourth-order valence-electron chi connectivity index (χ4n) is 6.51. The summed E-state index contributed by atoms with van der Waals surface area (Å²) in [6.45, 7) is 6.91. The number of hydrogen-bond donors (Lipinski definition) is 1. The number of fused-ring (bicyclic) bond motifs is 1. The summed E-state index contributed by atoms with van der Waals surface area (Å²) in [7, 11) is 3.74. The highest BCUT2D eigenvalue weighted by Crippen LogP contribution is 2.48. The van der Waals surface area contributed by atoms with Gasteiger partial charge in [-0.05, 0) is 69.2 Å². The highest BCUT2D eigenvalue weighted by atomic mass is 28.4. The van der Waals surface area contributed by atoms with Gasteiger partial charge in [-0.1, -0.05) is 87.5 Å². The van der Waals surface area contributed by atoms with E-state index in [9.17, 15) is 0 Å². The fourth-order valence-corrected chi connectivity index (χ4v) is 11.2. The molecule has 230 valence electrons. The maximum atomic E-state index is 7.64.